The Balaban J connectivity index is 2.06. The highest BCUT2D eigenvalue weighted by Gasteiger charge is 2.17. The number of phenolic OH excluding ortho intramolecular Hbond substituents is 1. The summed E-state index contributed by atoms with van der Waals surface area (Å²) in [5.41, 5.74) is 1.69. The number of hydrogen-bond acceptors (Lipinski definition) is 5. The Labute approximate surface area is 130 Å². The van der Waals surface area contributed by atoms with Crippen molar-refractivity contribution in [3.05, 3.63) is 46.1 Å². The smallest absolute Gasteiger partial charge is 0.258 e. The van der Waals surface area contributed by atoms with E-state index in [1.165, 1.54) is 6.20 Å². The number of aromatic hydroxyl groups is 1. The van der Waals surface area contributed by atoms with E-state index in [9.17, 15) is 5.11 Å². The Morgan fingerprint density at radius 1 is 1.24 bits per heavy atom. The first-order valence-electron chi connectivity index (χ1n) is 6.00. The van der Waals surface area contributed by atoms with Crippen LogP contribution in [0.1, 0.15) is 5.56 Å². The van der Waals surface area contributed by atoms with E-state index in [0.717, 1.165) is 0 Å². The summed E-state index contributed by atoms with van der Waals surface area (Å²) in [6.07, 6.45) is 1.46. The Hall–Kier alpha value is -2.11. The van der Waals surface area contributed by atoms with E-state index in [2.05, 4.69) is 15.1 Å². The Kier molecular flexibility index (Phi) is 3.53. The SMILES string of the molecule is Cc1c(O)cccc1-c1nc(-c2ncc(Cl)cc2Cl)no1. The number of pyridine rings is 1. The second-order valence-electron chi connectivity index (χ2n) is 4.36. The highest BCUT2D eigenvalue weighted by Crippen LogP contribution is 2.31. The maximum atomic E-state index is 9.72. The van der Waals surface area contributed by atoms with Crippen LogP contribution in [0.25, 0.3) is 23.0 Å². The van der Waals surface area contributed by atoms with Gasteiger partial charge in [0.2, 0.25) is 5.82 Å². The van der Waals surface area contributed by atoms with E-state index in [1.807, 2.05) is 0 Å². The van der Waals surface area contributed by atoms with Gasteiger partial charge in [-0.3, -0.25) is 0 Å². The monoisotopic (exact) mass is 321 g/mol. The molecule has 0 aliphatic rings. The first-order valence-corrected chi connectivity index (χ1v) is 6.76. The van der Waals surface area contributed by atoms with Gasteiger partial charge in [0.1, 0.15) is 11.4 Å². The van der Waals surface area contributed by atoms with Crippen LogP contribution in [0.2, 0.25) is 10.0 Å². The van der Waals surface area contributed by atoms with E-state index in [0.29, 0.717) is 26.9 Å². The zero-order valence-corrected chi connectivity index (χ0v) is 12.4. The summed E-state index contributed by atoms with van der Waals surface area (Å²) in [5.74, 6) is 0.704. The van der Waals surface area contributed by atoms with Crippen LogP contribution >= 0.6 is 23.2 Å². The maximum Gasteiger partial charge on any atom is 0.258 e. The third kappa shape index (κ3) is 2.57. The molecule has 0 atom stereocenters. The number of aromatic nitrogens is 3. The van der Waals surface area contributed by atoms with Crippen molar-refractivity contribution in [2.75, 3.05) is 0 Å². The molecule has 0 radical (unpaired) electrons. The van der Waals surface area contributed by atoms with E-state index in [1.54, 1.807) is 31.2 Å². The van der Waals surface area contributed by atoms with Gasteiger partial charge in [0.25, 0.3) is 5.89 Å². The lowest BCUT2D eigenvalue weighted by Crippen LogP contribution is -1.88. The zero-order chi connectivity index (χ0) is 15.0. The lowest BCUT2D eigenvalue weighted by Gasteiger charge is -2.02. The number of halogens is 2. The minimum atomic E-state index is 0.162. The molecule has 106 valence electrons. The van der Waals surface area contributed by atoms with Crippen molar-refractivity contribution in [2.45, 2.75) is 6.92 Å². The Bertz CT molecular complexity index is 818. The van der Waals surface area contributed by atoms with Gasteiger partial charge >= 0.3 is 0 Å². The van der Waals surface area contributed by atoms with Crippen molar-refractivity contribution in [3.63, 3.8) is 0 Å². The lowest BCUT2D eigenvalue weighted by molar-refractivity contribution is 0.430. The standard InChI is InChI=1S/C14H9Cl2N3O2/c1-7-9(3-2-4-11(7)20)14-18-13(19-21-14)12-10(16)5-8(15)6-17-12/h2-6,20H,1H3. The quantitative estimate of drug-likeness (QED) is 0.768. The van der Waals surface area contributed by atoms with E-state index in [4.69, 9.17) is 27.7 Å². The Morgan fingerprint density at radius 2 is 2.05 bits per heavy atom. The van der Waals surface area contributed by atoms with Crippen LogP contribution in [0, 0.1) is 6.92 Å². The van der Waals surface area contributed by atoms with Crippen molar-refractivity contribution in [1.82, 2.24) is 15.1 Å². The second-order valence-corrected chi connectivity index (χ2v) is 5.20. The van der Waals surface area contributed by atoms with Gasteiger partial charge in [-0.15, -0.1) is 0 Å². The summed E-state index contributed by atoms with van der Waals surface area (Å²) in [5, 5.41) is 14.4. The molecule has 0 unspecified atom stereocenters. The van der Waals surface area contributed by atoms with Gasteiger partial charge < -0.3 is 9.63 Å². The van der Waals surface area contributed by atoms with Crippen molar-refractivity contribution >= 4 is 23.2 Å². The second kappa shape index (κ2) is 5.35. The van der Waals surface area contributed by atoms with Crippen LogP contribution in [0.4, 0.5) is 0 Å². The third-order valence-corrected chi connectivity index (χ3v) is 3.48. The van der Waals surface area contributed by atoms with Crippen LogP contribution < -0.4 is 0 Å². The summed E-state index contributed by atoms with van der Waals surface area (Å²) in [6, 6.07) is 6.63. The molecule has 0 fully saturated rings. The predicted octanol–water partition coefficient (Wildman–Crippen LogP) is 4.12. The highest BCUT2D eigenvalue weighted by molar-refractivity contribution is 6.35. The molecule has 1 aromatic carbocycles. The minimum absolute atomic E-state index is 0.162. The molecule has 0 aliphatic carbocycles. The molecule has 5 nitrogen and oxygen atoms in total. The topological polar surface area (TPSA) is 72.0 Å². The molecule has 2 aromatic heterocycles. The van der Waals surface area contributed by atoms with Gasteiger partial charge in [-0.2, -0.15) is 4.98 Å². The lowest BCUT2D eigenvalue weighted by atomic mass is 10.1. The molecule has 3 rings (SSSR count). The molecular weight excluding hydrogens is 313 g/mol. The average molecular weight is 322 g/mol. The molecule has 0 bridgehead atoms. The van der Waals surface area contributed by atoms with E-state index in [-0.39, 0.29) is 17.5 Å². The summed E-state index contributed by atoms with van der Waals surface area (Å²) in [6.45, 7) is 1.77. The fourth-order valence-corrected chi connectivity index (χ4v) is 2.33. The molecular formula is C14H9Cl2N3O2. The summed E-state index contributed by atoms with van der Waals surface area (Å²) in [7, 11) is 0. The molecule has 0 aliphatic heterocycles. The Morgan fingerprint density at radius 3 is 2.81 bits per heavy atom. The number of benzene rings is 1. The van der Waals surface area contributed by atoms with E-state index < -0.39 is 0 Å². The molecule has 0 spiro atoms. The predicted molar refractivity (Wildman–Crippen MR) is 79.4 cm³/mol. The normalized spacial score (nSPS) is 10.8. The zero-order valence-electron chi connectivity index (χ0n) is 10.8. The van der Waals surface area contributed by atoms with Crippen LogP contribution in [0.5, 0.6) is 5.75 Å². The van der Waals surface area contributed by atoms with Crippen LogP contribution in [0.15, 0.2) is 35.0 Å². The molecule has 3 aromatic rings. The van der Waals surface area contributed by atoms with Gasteiger partial charge in [0, 0.05) is 17.3 Å². The van der Waals surface area contributed by atoms with Gasteiger partial charge in [-0.1, -0.05) is 34.4 Å². The van der Waals surface area contributed by atoms with Crippen molar-refractivity contribution in [3.8, 4) is 28.7 Å². The highest BCUT2D eigenvalue weighted by atomic mass is 35.5. The molecule has 2 heterocycles. The van der Waals surface area contributed by atoms with E-state index >= 15 is 0 Å². The molecule has 0 amide bonds. The summed E-state index contributed by atoms with van der Waals surface area (Å²) in [4.78, 5) is 8.36. The van der Waals surface area contributed by atoms with Gasteiger partial charge in [-0.25, -0.2) is 4.98 Å². The van der Waals surface area contributed by atoms with Gasteiger partial charge in [0.15, 0.2) is 0 Å². The van der Waals surface area contributed by atoms with Crippen LogP contribution in [0.3, 0.4) is 0 Å². The molecule has 0 saturated carbocycles. The van der Waals surface area contributed by atoms with Gasteiger partial charge in [0.05, 0.1) is 10.0 Å². The number of rotatable bonds is 2. The molecule has 0 saturated heterocycles. The van der Waals surface area contributed by atoms with Crippen molar-refractivity contribution in [2.24, 2.45) is 0 Å². The average Bonchev–Trinajstić information content (AvgIpc) is 2.91. The first kappa shape index (κ1) is 13.9. The van der Waals surface area contributed by atoms with Crippen LogP contribution in [-0.2, 0) is 0 Å². The first-order chi connectivity index (χ1) is 10.1. The van der Waals surface area contributed by atoms with Crippen molar-refractivity contribution in [1.29, 1.82) is 0 Å². The fourth-order valence-electron chi connectivity index (χ4n) is 1.86. The fraction of sp³-hybridized carbons (Fsp3) is 0.0714. The number of nitrogens with zero attached hydrogens (tertiary/aromatic N) is 3. The number of hydrogen-bond donors (Lipinski definition) is 1. The summed E-state index contributed by atoms with van der Waals surface area (Å²) >= 11 is 11.9. The summed E-state index contributed by atoms with van der Waals surface area (Å²) < 4.78 is 5.22. The van der Waals surface area contributed by atoms with Crippen LogP contribution in [-0.4, -0.2) is 20.2 Å². The van der Waals surface area contributed by atoms with Crippen molar-refractivity contribution < 1.29 is 9.63 Å². The number of phenols is 1. The maximum absolute atomic E-state index is 9.72. The molecule has 21 heavy (non-hydrogen) atoms. The molecule has 1 N–H and O–H groups in total. The molecule has 7 heteroatoms. The largest absolute Gasteiger partial charge is 0.508 e. The van der Waals surface area contributed by atoms with Gasteiger partial charge in [-0.05, 0) is 25.1 Å². The minimum Gasteiger partial charge on any atom is -0.508 e. The third-order valence-electron chi connectivity index (χ3n) is 2.98.